The van der Waals surface area contributed by atoms with Crippen LogP contribution >= 0.6 is 0 Å². The zero-order valence-electron chi connectivity index (χ0n) is 20.8. The van der Waals surface area contributed by atoms with Crippen molar-refractivity contribution in [1.82, 2.24) is 0 Å². The number of carbonyl (C=O) groups excluding carboxylic acids is 1. The summed E-state index contributed by atoms with van der Waals surface area (Å²) in [4.78, 5) is 11.7. The van der Waals surface area contributed by atoms with Crippen molar-refractivity contribution >= 4 is 5.78 Å². The van der Waals surface area contributed by atoms with Gasteiger partial charge in [0.05, 0.1) is 19.3 Å². The summed E-state index contributed by atoms with van der Waals surface area (Å²) in [6.07, 6.45) is -9.67. The van der Waals surface area contributed by atoms with E-state index in [1.54, 1.807) is 13.0 Å². The van der Waals surface area contributed by atoms with Crippen LogP contribution < -0.4 is 0 Å². The Kier molecular flexibility index (Phi) is 10.0. The van der Waals surface area contributed by atoms with Crippen molar-refractivity contribution in [3.8, 4) is 0 Å². The van der Waals surface area contributed by atoms with Gasteiger partial charge in [0.25, 0.3) is 0 Å². The minimum atomic E-state index is -1.64. The fourth-order valence-electron chi connectivity index (χ4n) is 4.88. The van der Waals surface area contributed by atoms with E-state index in [0.717, 1.165) is 6.42 Å². The van der Waals surface area contributed by atoms with Crippen LogP contribution in [0, 0.1) is 11.3 Å². The minimum Gasteiger partial charge on any atom is -0.394 e. The van der Waals surface area contributed by atoms with Crippen LogP contribution in [0.4, 0.5) is 0 Å². The number of ketones is 1. The van der Waals surface area contributed by atoms with E-state index in [2.05, 4.69) is 0 Å². The molecule has 0 bridgehead atoms. The lowest BCUT2D eigenvalue weighted by Gasteiger charge is -2.43. The van der Waals surface area contributed by atoms with Gasteiger partial charge in [-0.3, -0.25) is 4.79 Å². The van der Waals surface area contributed by atoms with E-state index in [1.807, 2.05) is 19.9 Å². The van der Waals surface area contributed by atoms with E-state index in [4.69, 9.17) is 18.9 Å². The quantitative estimate of drug-likeness (QED) is 0.176. The number of carbonyl (C=O) groups is 1. The normalized spacial score (nSPS) is 43.9. The largest absolute Gasteiger partial charge is 0.394 e. The van der Waals surface area contributed by atoms with E-state index in [0.29, 0.717) is 12.8 Å². The monoisotopic (exact) mass is 520 g/mol. The average molecular weight is 521 g/mol. The summed E-state index contributed by atoms with van der Waals surface area (Å²) in [7, 11) is 0. The van der Waals surface area contributed by atoms with Crippen LogP contribution in [0.25, 0.3) is 0 Å². The van der Waals surface area contributed by atoms with Gasteiger partial charge in [0.1, 0.15) is 48.8 Å². The maximum atomic E-state index is 11.7. The molecule has 3 rings (SSSR count). The number of hydrogen-bond acceptors (Lipinski definition) is 12. The van der Waals surface area contributed by atoms with Crippen LogP contribution in [-0.2, 0) is 23.7 Å². The molecule has 12 nitrogen and oxygen atoms in total. The highest BCUT2D eigenvalue weighted by Gasteiger charge is 2.47. The highest BCUT2D eigenvalue weighted by atomic mass is 16.7. The Morgan fingerprint density at radius 3 is 2.14 bits per heavy atom. The second-order valence-electron chi connectivity index (χ2n) is 10.7. The molecule has 0 aromatic carbocycles. The van der Waals surface area contributed by atoms with Crippen molar-refractivity contribution < 1.29 is 59.5 Å². The molecule has 7 N–H and O–H groups in total. The van der Waals surface area contributed by atoms with Gasteiger partial charge >= 0.3 is 0 Å². The standard InChI is InChI=1S/C24H40O12/c1-11(4-5-12-6-7-13(26)8-24(12,2)3)34-23-21(32)19(30)17(28)15(36-23)10-33-22-20(31)18(29)16(27)14(9-25)35-22/h6-7,11-12,14-23,25,27-32H,4-5,8-10H2,1-3H3/t11-,12+,14+,15+,16-,17-,18+,19+,20+,21+,22-,23-/m1/s1. The van der Waals surface area contributed by atoms with E-state index in [9.17, 15) is 40.5 Å². The maximum absolute atomic E-state index is 11.7. The predicted octanol–water partition coefficient (Wildman–Crippen LogP) is -2.03. The summed E-state index contributed by atoms with van der Waals surface area (Å²) in [6.45, 7) is 4.82. The Labute approximate surface area is 210 Å². The first kappa shape index (κ1) is 29.5. The Hall–Kier alpha value is -1.03. The lowest BCUT2D eigenvalue weighted by Crippen LogP contribution is -2.62. The molecule has 0 aromatic heterocycles. The van der Waals surface area contributed by atoms with Gasteiger partial charge in [0.2, 0.25) is 0 Å². The summed E-state index contributed by atoms with van der Waals surface area (Å²) in [5.41, 5.74) is -0.181. The number of aliphatic hydroxyl groups is 7. The molecule has 2 saturated heterocycles. The molecule has 3 aliphatic rings. The van der Waals surface area contributed by atoms with Crippen LogP contribution in [0.2, 0.25) is 0 Å². The van der Waals surface area contributed by atoms with Crippen molar-refractivity contribution in [3.05, 3.63) is 12.2 Å². The molecule has 2 aliphatic heterocycles. The van der Waals surface area contributed by atoms with Crippen LogP contribution in [0.3, 0.4) is 0 Å². The molecule has 0 radical (unpaired) electrons. The molecule has 0 spiro atoms. The van der Waals surface area contributed by atoms with Crippen molar-refractivity contribution in [2.24, 2.45) is 11.3 Å². The summed E-state index contributed by atoms with van der Waals surface area (Å²) in [5.74, 6) is 0.273. The molecule has 0 unspecified atom stereocenters. The first-order valence-electron chi connectivity index (χ1n) is 12.3. The van der Waals surface area contributed by atoms with E-state index in [-0.39, 0.29) is 23.2 Å². The third kappa shape index (κ3) is 6.69. The fraction of sp³-hybridized carbons (Fsp3) is 0.875. The molecular weight excluding hydrogens is 480 g/mol. The summed E-state index contributed by atoms with van der Waals surface area (Å²) in [6, 6.07) is 0. The highest BCUT2D eigenvalue weighted by Crippen LogP contribution is 2.38. The third-order valence-corrected chi connectivity index (χ3v) is 7.34. The van der Waals surface area contributed by atoms with Gasteiger partial charge in [-0.05, 0) is 37.2 Å². The SMILES string of the molecule is C[C@H](CC[C@H]1C=CC(=O)CC1(C)C)O[C@@H]1O[C@@H](CO[C@@H]2O[C@@H](CO)[C@@H](O)[C@H](O)[C@@H]2O)[C@@H](O)[C@H](O)[C@@H]1O. The molecule has 2 heterocycles. The average Bonchev–Trinajstić information content (AvgIpc) is 2.82. The molecule has 1 aliphatic carbocycles. The van der Waals surface area contributed by atoms with Crippen molar-refractivity contribution in [2.75, 3.05) is 13.2 Å². The van der Waals surface area contributed by atoms with Crippen molar-refractivity contribution in [3.63, 3.8) is 0 Å². The van der Waals surface area contributed by atoms with Crippen LogP contribution in [-0.4, -0.2) is 122 Å². The molecule has 2 fully saturated rings. The molecule has 0 aromatic rings. The Morgan fingerprint density at radius 2 is 1.53 bits per heavy atom. The van der Waals surface area contributed by atoms with E-state index >= 15 is 0 Å². The number of hydrogen-bond donors (Lipinski definition) is 7. The first-order valence-corrected chi connectivity index (χ1v) is 12.3. The highest BCUT2D eigenvalue weighted by molar-refractivity contribution is 5.91. The minimum absolute atomic E-state index is 0.101. The van der Waals surface area contributed by atoms with Gasteiger partial charge in [0, 0.05) is 6.42 Å². The molecule has 208 valence electrons. The van der Waals surface area contributed by atoms with Gasteiger partial charge < -0.3 is 54.7 Å². The lowest BCUT2D eigenvalue weighted by molar-refractivity contribution is -0.335. The summed E-state index contributed by atoms with van der Waals surface area (Å²) >= 11 is 0. The number of aliphatic hydroxyl groups excluding tert-OH is 7. The predicted molar refractivity (Wildman–Crippen MR) is 122 cm³/mol. The van der Waals surface area contributed by atoms with Gasteiger partial charge in [-0.15, -0.1) is 0 Å². The molecular formula is C24H40O12. The first-order chi connectivity index (χ1) is 16.9. The number of allylic oxidation sites excluding steroid dienone is 2. The van der Waals surface area contributed by atoms with Crippen LogP contribution in [0.15, 0.2) is 12.2 Å². The van der Waals surface area contributed by atoms with Crippen molar-refractivity contribution in [2.45, 2.75) is 108 Å². The second-order valence-corrected chi connectivity index (χ2v) is 10.7. The smallest absolute Gasteiger partial charge is 0.186 e. The Bertz CT molecular complexity index is 757. The molecule has 0 saturated carbocycles. The van der Waals surface area contributed by atoms with Gasteiger partial charge in [0.15, 0.2) is 18.4 Å². The second kappa shape index (κ2) is 12.2. The van der Waals surface area contributed by atoms with Gasteiger partial charge in [-0.1, -0.05) is 19.9 Å². The number of rotatable bonds is 9. The number of ether oxygens (including phenoxy) is 4. The van der Waals surface area contributed by atoms with Crippen molar-refractivity contribution in [1.29, 1.82) is 0 Å². The van der Waals surface area contributed by atoms with Crippen LogP contribution in [0.1, 0.15) is 40.0 Å². The Balaban J connectivity index is 1.55. The Morgan fingerprint density at radius 1 is 0.944 bits per heavy atom. The maximum Gasteiger partial charge on any atom is 0.186 e. The lowest BCUT2D eigenvalue weighted by atomic mass is 9.70. The fourth-order valence-corrected chi connectivity index (χ4v) is 4.88. The topological polar surface area (TPSA) is 196 Å². The summed E-state index contributed by atoms with van der Waals surface area (Å²) < 4.78 is 22.2. The molecule has 36 heavy (non-hydrogen) atoms. The third-order valence-electron chi connectivity index (χ3n) is 7.34. The molecule has 12 atom stereocenters. The van der Waals surface area contributed by atoms with E-state index < -0.39 is 74.6 Å². The van der Waals surface area contributed by atoms with Gasteiger partial charge in [-0.2, -0.15) is 0 Å². The van der Waals surface area contributed by atoms with E-state index in [1.165, 1.54) is 0 Å². The summed E-state index contributed by atoms with van der Waals surface area (Å²) in [5, 5.41) is 70.3. The zero-order valence-corrected chi connectivity index (χ0v) is 20.8. The van der Waals surface area contributed by atoms with Crippen LogP contribution in [0.5, 0.6) is 0 Å². The molecule has 0 amide bonds. The molecule has 12 heteroatoms. The van der Waals surface area contributed by atoms with Gasteiger partial charge in [-0.25, -0.2) is 0 Å². The zero-order chi connectivity index (χ0) is 26.8.